The van der Waals surface area contributed by atoms with Crippen molar-refractivity contribution in [3.05, 3.63) is 48.3 Å². The minimum atomic E-state index is -0.114. The van der Waals surface area contributed by atoms with Gasteiger partial charge >= 0.3 is 0 Å². The maximum Gasteiger partial charge on any atom is 0.194 e. The number of para-hydroxylation sites is 1. The van der Waals surface area contributed by atoms with Gasteiger partial charge in [0, 0.05) is 0 Å². The standard InChI is InChI=1S/C11H11N3O/c12-8-11(15)10-6-7-13-14(10)9-4-2-1-3-5-9/h1-7H,8,12H2. The zero-order valence-electron chi connectivity index (χ0n) is 8.13. The summed E-state index contributed by atoms with van der Waals surface area (Å²) in [7, 11) is 0. The van der Waals surface area contributed by atoms with Gasteiger partial charge in [0.1, 0.15) is 5.69 Å². The number of hydrogen-bond acceptors (Lipinski definition) is 3. The summed E-state index contributed by atoms with van der Waals surface area (Å²) in [5.74, 6) is -0.114. The third-order valence-electron chi connectivity index (χ3n) is 2.11. The van der Waals surface area contributed by atoms with E-state index in [-0.39, 0.29) is 12.3 Å². The van der Waals surface area contributed by atoms with Crippen molar-refractivity contribution in [3.63, 3.8) is 0 Å². The number of nitrogens with zero attached hydrogens (tertiary/aromatic N) is 2. The second-order valence-corrected chi connectivity index (χ2v) is 3.09. The summed E-state index contributed by atoms with van der Waals surface area (Å²) < 4.78 is 1.59. The van der Waals surface area contributed by atoms with Crippen LogP contribution >= 0.6 is 0 Å². The van der Waals surface area contributed by atoms with Crippen LogP contribution in [0.1, 0.15) is 10.5 Å². The first-order chi connectivity index (χ1) is 7.33. The predicted molar refractivity (Wildman–Crippen MR) is 56.9 cm³/mol. The van der Waals surface area contributed by atoms with Gasteiger partial charge in [0.05, 0.1) is 18.4 Å². The molecule has 0 aliphatic heterocycles. The molecule has 4 nitrogen and oxygen atoms in total. The SMILES string of the molecule is NCC(=O)c1ccnn1-c1ccccc1. The fourth-order valence-electron chi connectivity index (χ4n) is 1.39. The fourth-order valence-corrected chi connectivity index (χ4v) is 1.39. The van der Waals surface area contributed by atoms with E-state index >= 15 is 0 Å². The molecule has 2 N–H and O–H groups in total. The normalized spacial score (nSPS) is 10.2. The van der Waals surface area contributed by atoms with Crippen LogP contribution in [0.3, 0.4) is 0 Å². The molecule has 0 atom stereocenters. The van der Waals surface area contributed by atoms with Gasteiger partial charge in [0.15, 0.2) is 5.78 Å². The Labute approximate surface area is 87.3 Å². The topological polar surface area (TPSA) is 60.9 Å². The molecule has 0 unspecified atom stereocenters. The molecule has 0 aliphatic rings. The molecule has 15 heavy (non-hydrogen) atoms. The van der Waals surface area contributed by atoms with Crippen LogP contribution in [0.2, 0.25) is 0 Å². The van der Waals surface area contributed by atoms with E-state index in [1.54, 1.807) is 16.9 Å². The van der Waals surface area contributed by atoms with E-state index in [2.05, 4.69) is 5.10 Å². The summed E-state index contributed by atoms with van der Waals surface area (Å²) in [4.78, 5) is 11.5. The van der Waals surface area contributed by atoms with Gasteiger partial charge < -0.3 is 5.73 Å². The minimum Gasteiger partial charge on any atom is -0.324 e. The molecule has 1 aromatic heterocycles. The van der Waals surface area contributed by atoms with Crippen LogP contribution in [0, 0.1) is 0 Å². The van der Waals surface area contributed by atoms with Crippen molar-refractivity contribution in [1.82, 2.24) is 9.78 Å². The lowest BCUT2D eigenvalue weighted by atomic mass is 10.2. The molecule has 0 aliphatic carbocycles. The van der Waals surface area contributed by atoms with Gasteiger partial charge in [-0.2, -0.15) is 5.10 Å². The Morgan fingerprint density at radius 1 is 1.27 bits per heavy atom. The largest absolute Gasteiger partial charge is 0.324 e. The highest BCUT2D eigenvalue weighted by Gasteiger charge is 2.10. The van der Waals surface area contributed by atoms with Crippen molar-refractivity contribution in [2.24, 2.45) is 5.73 Å². The molecule has 2 rings (SSSR count). The lowest BCUT2D eigenvalue weighted by Crippen LogP contribution is -2.17. The van der Waals surface area contributed by atoms with Gasteiger partial charge in [-0.1, -0.05) is 18.2 Å². The van der Waals surface area contributed by atoms with E-state index in [0.29, 0.717) is 5.69 Å². The molecule has 1 aromatic carbocycles. The van der Waals surface area contributed by atoms with Gasteiger partial charge in [0.2, 0.25) is 0 Å². The van der Waals surface area contributed by atoms with Crippen LogP contribution < -0.4 is 5.73 Å². The monoisotopic (exact) mass is 201 g/mol. The summed E-state index contributed by atoms with van der Waals surface area (Å²) in [5, 5.41) is 4.10. The smallest absolute Gasteiger partial charge is 0.194 e. The van der Waals surface area contributed by atoms with Gasteiger partial charge in [-0.25, -0.2) is 4.68 Å². The molecule has 0 saturated heterocycles. The van der Waals surface area contributed by atoms with Crippen LogP contribution in [0.25, 0.3) is 5.69 Å². The highest BCUT2D eigenvalue weighted by molar-refractivity contribution is 5.96. The number of hydrogen-bond donors (Lipinski definition) is 1. The highest BCUT2D eigenvalue weighted by Crippen LogP contribution is 2.09. The van der Waals surface area contributed by atoms with E-state index in [9.17, 15) is 4.79 Å². The number of carbonyl (C=O) groups excluding carboxylic acids is 1. The van der Waals surface area contributed by atoms with Gasteiger partial charge in [-0.3, -0.25) is 4.79 Å². The van der Waals surface area contributed by atoms with Crippen LogP contribution in [-0.2, 0) is 0 Å². The molecule has 0 radical (unpaired) electrons. The first kappa shape index (κ1) is 9.61. The molecule has 1 heterocycles. The van der Waals surface area contributed by atoms with Crippen molar-refractivity contribution >= 4 is 5.78 Å². The second kappa shape index (κ2) is 4.06. The number of carbonyl (C=O) groups is 1. The second-order valence-electron chi connectivity index (χ2n) is 3.09. The number of nitrogens with two attached hydrogens (primary N) is 1. The molecular weight excluding hydrogens is 190 g/mol. The average molecular weight is 201 g/mol. The first-order valence-electron chi connectivity index (χ1n) is 4.65. The molecular formula is C11H11N3O. The minimum absolute atomic E-state index is 0.00146. The van der Waals surface area contributed by atoms with E-state index in [0.717, 1.165) is 5.69 Å². The Balaban J connectivity index is 2.46. The molecule has 0 bridgehead atoms. The highest BCUT2D eigenvalue weighted by atomic mass is 16.1. The Morgan fingerprint density at radius 3 is 2.67 bits per heavy atom. The van der Waals surface area contributed by atoms with Gasteiger partial charge in [-0.15, -0.1) is 0 Å². The molecule has 0 spiro atoms. The summed E-state index contributed by atoms with van der Waals surface area (Å²) in [6, 6.07) is 11.2. The summed E-state index contributed by atoms with van der Waals surface area (Å²) in [6.45, 7) is -0.00146. The van der Waals surface area contributed by atoms with Crippen LogP contribution in [0.5, 0.6) is 0 Å². The lowest BCUT2D eigenvalue weighted by Gasteiger charge is -2.04. The summed E-state index contributed by atoms with van der Waals surface area (Å²) in [5.41, 5.74) is 6.70. The first-order valence-corrected chi connectivity index (χ1v) is 4.65. The van der Waals surface area contributed by atoms with Crippen molar-refractivity contribution in [2.75, 3.05) is 6.54 Å². The molecule has 0 fully saturated rings. The van der Waals surface area contributed by atoms with Crippen molar-refractivity contribution in [3.8, 4) is 5.69 Å². The number of aromatic nitrogens is 2. The maximum absolute atomic E-state index is 11.5. The third kappa shape index (κ3) is 1.80. The molecule has 76 valence electrons. The zero-order valence-corrected chi connectivity index (χ0v) is 8.13. The Bertz CT molecular complexity index is 462. The molecule has 0 amide bonds. The zero-order chi connectivity index (χ0) is 10.7. The lowest BCUT2D eigenvalue weighted by molar-refractivity contribution is 0.0994. The molecule has 4 heteroatoms. The maximum atomic E-state index is 11.5. The van der Waals surface area contributed by atoms with Crippen LogP contribution in [0.4, 0.5) is 0 Å². The number of Topliss-reactive ketones (excluding diaryl/α,β-unsaturated/α-hetero) is 1. The van der Waals surface area contributed by atoms with Crippen molar-refractivity contribution < 1.29 is 4.79 Å². The van der Waals surface area contributed by atoms with Crippen LogP contribution in [0.15, 0.2) is 42.6 Å². The van der Waals surface area contributed by atoms with Crippen molar-refractivity contribution in [2.45, 2.75) is 0 Å². The number of benzene rings is 1. The average Bonchev–Trinajstić information content (AvgIpc) is 2.78. The van der Waals surface area contributed by atoms with E-state index < -0.39 is 0 Å². The van der Waals surface area contributed by atoms with Gasteiger partial charge in [-0.05, 0) is 18.2 Å². The Morgan fingerprint density at radius 2 is 2.00 bits per heavy atom. The molecule has 0 saturated carbocycles. The third-order valence-corrected chi connectivity index (χ3v) is 2.11. The van der Waals surface area contributed by atoms with E-state index in [1.807, 2.05) is 30.3 Å². The fraction of sp³-hybridized carbons (Fsp3) is 0.0909. The van der Waals surface area contributed by atoms with Gasteiger partial charge in [0.25, 0.3) is 0 Å². The van der Waals surface area contributed by atoms with Crippen LogP contribution in [-0.4, -0.2) is 22.1 Å². The Kier molecular flexibility index (Phi) is 2.60. The Hall–Kier alpha value is -1.94. The van der Waals surface area contributed by atoms with Crippen molar-refractivity contribution in [1.29, 1.82) is 0 Å². The number of rotatable bonds is 3. The van der Waals surface area contributed by atoms with E-state index in [1.165, 1.54) is 0 Å². The summed E-state index contributed by atoms with van der Waals surface area (Å²) in [6.07, 6.45) is 1.59. The summed E-state index contributed by atoms with van der Waals surface area (Å²) >= 11 is 0. The molecule has 2 aromatic rings. The number of ketones is 1. The van der Waals surface area contributed by atoms with E-state index in [4.69, 9.17) is 5.73 Å². The predicted octanol–water partition coefficient (Wildman–Crippen LogP) is 1.01. The quantitative estimate of drug-likeness (QED) is 0.754.